The first-order chi connectivity index (χ1) is 16.1. The van der Waals surface area contributed by atoms with E-state index in [1.165, 1.54) is 25.2 Å². The lowest BCUT2D eigenvalue weighted by Crippen LogP contribution is -2.21. The number of ketones is 1. The van der Waals surface area contributed by atoms with Gasteiger partial charge in [-0.15, -0.1) is 25.6 Å². The van der Waals surface area contributed by atoms with Gasteiger partial charge in [0.2, 0.25) is 10.0 Å². The number of para-hydroxylation sites is 1. The van der Waals surface area contributed by atoms with Gasteiger partial charge in [0.1, 0.15) is 5.75 Å². The molecule has 0 aliphatic heterocycles. The maximum absolute atomic E-state index is 12.7. The Balaban J connectivity index is 0.00000432. The number of hydrogen-bond donors (Lipinski definition) is 2. The first-order valence-electron chi connectivity index (χ1n) is 11.3. The number of unbranched alkanes of at least 4 members (excludes halogenated alkanes) is 1. The molecule has 0 spiro atoms. The van der Waals surface area contributed by atoms with Crippen LogP contribution in [0.15, 0.2) is 41.3 Å². The minimum absolute atomic E-state index is 0. The molecule has 0 radical (unpaired) electrons. The van der Waals surface area contributed by atoms with E-state index in [1.54, 1.807) is 12.1 Å². The maximum atomic E-state index is 12.7. The van der Waals surface area contributed by atoms with Crippen LogP contribution in [0.5, 0.6) is 5.75 Å². The minimum atomic E-state index is -4.73. The van der Waals surface area contributed by atoms with Crippen LogP contribution in [0.3, 0.4) is 0 Å². The van der Waals surface area contributed by atoms with Gasteiger partial charge in [-0.2, -0.15) is 0 Å². The van der Waals surface area contributed by atoms with Gasteiger partial charge in [-0.05, 0) is 93.6 Å². The molecule has 0 saturated heterocycles. The Morgan fingerprint density at radius 3 is 2.54 bits per heavy atom. The normalized spacial score (nSPS) is 13.3. The van der Waals surface area contributed by atoms with E-state index in [4.69, 9.17) is 0 Å². The zero-order chi connectivity index (χ0) is 24.8. The maximum Gasteiger partial charge on any atom is 0.573 e. The van der Waals surface area contributed by atoms with Crippen molar-refractivity contribution in [1.82, 2.24) is 10.0 Å². The smallest absolute Gasteiger partial charge is 0.406 e. The van der Waals surface area contributed by atoms with Crippen LogP contribution in [0, 0.1) is 0 Å². The fourth-order valence-electron chi connectivity index (χ4n) is 4.14. The summed E-state index contributed by atoms with van der Waals surface area (Å²) in [6.07, 6.45) is -0.401. The Morgan fingerprint density at radius 2 is 1.83 bits per heavy atom. The Labute approximate surface area is 210 Å². The molecule has 2 aromatic rings. The fraction of sp³-hybridized carbons (Fsp3) is 0.458. The molecule has 0 atom stereocenters. The Bertz CT molecular complexity index is 1120. The average molecular weight is 535 g/mol. The highest BCUT2D eigenvalue weighted by Crippen LogP contribution is 2.30. The van der Waals surface area contributed by atoms with Gasteiger partial charge in [-0.3, -0.25) is 4.79 Å². The number of rotatable bonds is 12. The number of Topliss-reactive ketones (excluding diaryl/α,β-unsaturated/α-hetero) is 1. The number of hydrogen-bond acceptors (Lipinski definition) is 5. The molecule has 194 valence electrons. The predicted octanol–water partition coefficient (Wildman–Crippen LogP) is 4.59. The lowest BCUT2D eigenvalue weighted by Gasteiger charge is -2.13. The van der Waals surface area contributed by atoms with Crippen LogP contribution >= 0.6 is 12.4 Å². The first kappa shape index (κ1) is 29.1. The van der Waals surface area contributed by atoms with E-state index in [9.17, 15) is 26.4 Å². The monoisotopic (exact) mass is 534 g/mol. The molecule has 2 N–H and O–H groups in total. The summed E-state index contributed by atoms with van der Waals surface area (Å²) in [5, 5.41) is 3.17. The van der Waals surface area contributed by atoms with Crippen LogP contribution in [0.1, 0.15) is 52.7 Å². The highest BCUT2D eigenvalue weighted by atomic mass is 35.5. The summed E-state index contributed by atoms with van der Waals surface area (Å²) < 4.78 is 68.7. The molecule has 35 heavy (non-hydrogen) atoms. The summed E-state index contributed by atoms with van der Waals surface area (Å²) in [6, 6.07) is 9.35. The minimum Gasteiger partial charge on any atom is -0.406 e. The number of benzene rings is 2. The number of sulfonamides is 1. The number of carbonyl (C=O) groups is 1. The zero-order valence-electron chi connectivity index (χ0n) is 19.4. The highest BCUT2D eigenvalue weighted by molar-refractivity contribution is 7.89. The molecular formula is C24H30ClF3N2O4S. The van der Waals surface area contributed by atoms with Crippen LogP contribution in [0.2, 0.25) is 0 Å². The molecule has 0 fully saturated rings. The molecule has 2 aromatic carbocycles. The van der Waals surface area contributed by atoms with Crippen molar-refractivity contribution in [2.24, 2.45) is 0 Å². The third-order valence-corrected chi connectivity index (χ3v) is 7.31. The number of fused-ring (bicyclic) bond motifs is 1. The second kappa shape index (κ2) is 12.7. The lowest BCUT2D eigenvalue weighted by molar-refractivity contribution is -0.274. The van der Waals surface area contributed by atoms with E-state index >= 15 is 0 Å². The van der Waals surface area contributed by atoms with Gasteiger partial charge < -0.3 is 10.1 Å². The predicted molar refractivity (Wildman–Crippen MR) is 130 cm³/mol. The molecule has 1 aliphatic rings. The molecule has 0 saturated carbocycles. The van der Waals surface area contributed by atoms with Crippen LogP contribution in [-0.2, 0) is 29.3 Å². The van der Waals surface area contributed by atoms with Crippen LogP contribution in [0.25, 0.3) is 0 Å². The fourth-order valence-corrected chi connectivity index (χ4v) is 5.20. The van der Waals surface area contributed by atoms with Crippen molar-refractivity contribution >= 4 is 28.2 Å². The van der Waals surface area contributed by atoms with Gasteiger partial charge in [0.25, 0.3) is 0 Å². The topological polar surface area (TPSA) is 84.5 Å². The van der Waals surface area contributed by atoms with Crippen molar-refractivity contribution in [3.63, 3.8) is 0 Å². The summed E-state index contributed by atoms with van der Waals surface area (Å²) in [4.78, 5) is 12.9. The molecule has 0 heterocycles. The van der Waals surface area contributed by atoms with E-state index < -0.39 is 16.4 Å². The van der Waals surface area contributed by atoms with E-state index in [-0.39, 0.29) is 28.8 Å². The molecule has 11 heteroatoms. The Kier molecular flexibility index (Phi) is 10.6. The lowest BCUT2D eigenvalue weighted by atomic mass is 10.0. The molecule has 0 aromatic heterocycles. The summed E-state index contributed by atoms with van der Waals surface area (Å²) in [6.45, 7) is 1.08. The molecule has 1 aliphatic carbocycles. The van der Waals surface area contributed by atoms with Crippen LogP contribution in [-0.4, -0.2) is 40.7 Å². The Hall–Kier alpha value is -2.14. The Morgan fingerprint density at radius 1 is 1.09 bits per heavy atom. The van der Waals surface area contributed by atoms with E-state index in [2.05, 4.69) is 14.8 Å². The van der Waals surface area contributed by atoms with E-state index in [0.29, 0.717) is 56.3 Å². The van der Waals surface area contributed by atoms with Gasteiger partial charge >= 0.3 is 6.36 Å². The molecular weight excluding hydrogens is 505 g/mol. The number of halogens is 4. The van der Waals surface area contributed by atoms with Crippen molar-refractivity contribution in [3.8, 4) is 5.75 Å². The highest BCUT2D eigenvalue weighted by Gasteiger charge is 2.32. The van der Waals surface area contributed by atoms with Crippen LogP contribution in [0.4, 0.5) is 13.2 Å². The zero-order valence-corrected chi connectivity index (χ0v) is 21.0. The summed E-state index contributed by atoms with van der Waals surface area (Å²) in [5.74, 6) is -0.295. The number of alkyl halides is 3. The summed E-state index contributed by atoms with van der Waals surface area (Å²) in [5.41, 5.74) is 2.61. The molecule has 3 rings (SSSR count). The van der Waals surface area contributed by atoms with Crippen molar-refractivity contribution in [2.45, 2.75) is 56.2 Å². The van der Waals surface area contributed by atoms with Gasteiger partial charge in [0.15, 0.2) is 5.78 Å². The SMILES string of the molecule is CNS(=O)(=O)c1cc(C(=O)CCCCNCCc2ccccc2OC(F)(F)F)cc2c1CCC2.Cl. The second-order valence-corrected chi connectivity index (χ2v) is 10.1. The quantitative estimate of drug-likeness (QED) is 0.307. The third kappa shape index (κ3) is 8.20. The van der Waals surface area contributed by atoms with Gasteiger partial charge in [-0.1, -0.05) is 18.2 Å². The third-order valence-electron chi connectivity index (χ3n) is 5.83. The second-order valence-electron chi connectivity index (χ2n) is 8.21. The molecule has 0 amide bonds. The number of nitrogens with one attached hydrogen (secondary N) is 2. The van der Waals surface area contributed by atoms with Gasteiger partial charge in [-0.25, -0.2) is 13.1 Å². The van der Waals surface area contributed by atoms with E-state index in [1.807, 2.05) is 6.07 Å². The van der Waals surface area contributed by atoms with Crippen LogP contribution < -0.4 is 14.8 Å². The standard InChI is InChI=1S/C24H29F3N2O4S.ClH/c1-28-34(31,32)23-16-19(15-18-8-6-9-20(18)23)21(30)10-4-5-13-29-14-12-17-7-2-3-11-22(17)33-24(25,26)27;/h2-3,7,11,15-16,28-29H,4-6,8-10,12-14H2,1H3;1H. The van der Waals surface area contributed by atoms with E-state index in [0.717, 1.165) is 24.0 Å². The number of carbonyl (C=O) groups excluding carboxylic acids is 1. The molecule has 6 nitrogen and oxygen atoms in total. The summed E-state index contributed by atoms with van der Waals surface area (Å²) in [7, 11) is -2.27. The van der Waals surface area contributed by atoms with Crippen molar-refractivity contribution < 1.29 is 31.1 Å². The van der Waals surface area contributed by atoms with Gasteiger partial charge in [0.05, 0.1) is 4.90 Å². The molecule has 0 unspecified atom stereocenters. The van der Waals surface area contributed by atoms with Crippen molar-refractivity contribution in [1.29, 1.82) is 0 Å². The van der Waals surface area contributed by atoms with Crippen molar-refractivity contribution in [3.05, 3.63) is 58.7 Å². The first-order valence-corrected chi connectivity index (χ1v) is 12.8. The average Bonchev–Trinajstić information content (AvgIpc) is 3.26. The van der Waals surface area contributed by atoms with Gasteiger partial charge in [0, 0.05) is 12.0 Å². The molecule has 0 bridgehead atoms. The largest absolute Gasteiger partial charge is 0.573 e. The number of aryl methyl sites for hydroxylation is 1. The number of ether oxygens (including phenoxy) is 1. The summed E-state index contributed by atoms with van der Waals surface area (Å²) >= 11 is 0. The van der Waals surface area contributed by atoms with Crippen molar-refractivity contribution in [2.75, 3.05) is 20.1 Å².